The van der Waals surface area contributed by atoms with Crippen LogP contribution in [0.25, 0.3) is 0 Å². The van der Waals surface area contributed by atoms with Crippen LogP contribution in [-0.2, 0) is 6.42 Å². The summed E-state index contributed by atoms with van der Waals surface area (Å²) in [7, 11) is 0. The van der Waals surface area contributed by atoms with Crippen molar-refractivity contribution in [2.75, 3.05) is 0 Å². The Morgan fingerprint density at radius 2 is 0.920 bits per heavy atom. The van der Waals surface area contributed by atoms with Gasteiger partial charge in [0, 0.05) is 0 Å². The summed E-state index contributed by atoms with van der Waals surface area (Å²) >= 11 is 0. The quantitative estimate of drug-likeness (QED) is 0.248. The summed E-state index contributed by atoms with van der Waals surface area (Å²) in [6.07, 6.45) is 23.0. The summed E-state index contributed by atoms with van der Waals surface area (Å²) in [6.45, 7) is 4.68. The fourth-order valence-electron chi connectivity index (χ4n) is 3.65. The first-order valence-electron chi connectivity index (χ1n) is 11.3. The van der Waals surface area contributed by atoms with Crippen LogP contribution in [0.4, 0.5) is 0 Å². The average molecular weight is 345 g/mol. The number of aryl methyl sites for hydroxylation is 1. The van der Waals surface area contributed by atoms with Crippen LogP contribution in [-0.4, -0.2) is 0 Å². The lowest BCUT2D eigenvalue weighted by atomic mass is 10.0. The minimum atomic E-state index is 0.892. The molecule has 0 saturated carbocycles. The molecule has 0 saturated heterocycles. The zero-order valence-corrected chi connectivity index (χ0v) is 17.3. The maximum atomic E-state index is 2.34. The number of rotatable bonds is 17. The summed E-state index contributed by atoms with van der Waals surface area (Å²) in [4.78, 5) is 0. The van der Waals surface area contributed by atoms with Crippen LogP contribution in [0.2, 0.25) is 0 Å². The van der Waals surface area contributed by atoms with Crippen molar-refractivity contribution in [3.63, 3.8) is 0 Å². The van der Waals surface area contributed by atoms with Crippen molar-refractivity contribution in [2.24, 2.45) is 5.92 Å². The van der Waals surface area contributed by atoms with E-state index in [0.717, 1.165) is 5.92 Å². The molecule has 1 rings (SSSR count). The van der Waals surface area contributed by atoms with Crippen LogP contribution in [0.15, 0.2) is 30.3 Å². The third-order valence-electron chi connectivity index (χ3n) is 5.34. The van der Waals surface area contributed by atoms with Gasteiger partial charge in [-0.2, -0.15) is 0 Å². The maximum Gasteiger partial charge on any atom is -0.0279 e. The van der Waals surface area contributed by atoms with E-state index in [9.17, 15) is 0 Å². The molecule has 0 N–H and O–H groups in total. The maximum absolute atomic E-state index is 2.34. The van der Waals surface area contributed by atoms with Crippen molar-refractivity contribution < 1.29 is 0 Å². The van der Waals surface area contributed by atoms with E-state index in [1.807, 2.05) is 0 Å². The van der Waals surface area contributed by atoms with Gasteiger partial charge in [-0.25, -0.2) is 0 Å². The molecule has 0 heteroatoms. The summed E-state index contributed by atoms with van der Waals surface area (Å²) in [5.41, 5.74) is 1.50. The third-order valence-corrected chi connectivity index (χ3v) is 5.34. The first kappa shape index (κ1) is 22.3. The van der Waals surface area contributed by atoms with Crippen LogP contribution in [0.1, 0.15) is 116 Å². The van der Waals surface area contributed by atoms with Crippen LogP contribution in [0, 0.1) is 5.92 Å². The normalized spacial score (nSPS) is 11.3. The fourth-order valence-corrected chi connectivity index (χ4v) is 3.65. The molecule has 0 aliphatic rings. The van der Waals surface area contributed by atoms with Crippen molar-refractivity contribution in [2.45, 2.75) is 117 Å². The van der Waals surface area contributed by atoms with Gasteiger partial charge in [0.1, 0.15) is 0 Å². The molecule has 0 fully saturated rings. The van der Waals surface area contributed by atoms with Crippen LogP contribution in [0.5, 0.6) is 0 Å². The molecule has 0 aliphatic carbocycles. The van der Waals surface area contributed by atoms with Gasteiger partial charge >= 0.3 is 0 Å². The van der Waals surface area contributed by atoms with Gasteiger partial charge in [-0.15, -0.1) is 0 Å². The second-order valence-electron chi connectivity index (χ2n) is 8.37. The van der Waals surface area contributed by atoms with Crippen molar-refractivity contribution in [3.8, 4) is 0 Å². The predicted octanol–water partition coefficient (Wildman–Crippen LogP) is 8.74. The summed E-state index contributed by atoms with van der Waals surface area (Å²) in [5.74, 6) is 0.892. The van der Waals surface area contributed by atoms with E-state index < -0.39 is 0 Å². The molecule has 25 heavy (non-hydrogen) atoms. The Labute approximate surface area is 158 Å². The van der Waals surface area contributed by atoms with Crippen molar-refractivity contribution >= 4 is 0 Å². The fraction of sp³-hybridized carbons (Fsp3) is 0.760. The molecule has 0 unspecified atom stereocenters. The van der Waals surface area contributed by atoms with Crippen LogP contribution in [0.3, 0.4) is 0 Å². The lowest BCUT2D eigenvalue weighted by Gasteiger charge is -2.05. The zero-order chi connectivity index (χ0) is 18.0. The van der Waals surface area contributed by atoms with Gasteiger partial charge in [-0.1, -0.05) is 134 Å². The van der Waals surface area contributed by atoms with E-state index in [-0.39, 0.29) is 0 Å². The molecule has 0 nitrogen and oxygen atoms in total. The van der Waals surface area contributed by atoms with Crippen molar-refractivity contribution in [1.82, 2.24) is 0 Å². The average Bonchev–Trinajstić information content (AvgIpc) is 2.62. The lowest BCUT2D eigenvalue weighted by molar-refractivity contribution is 0.502. The predicted molar refractivity (Wildman–Crippen MR) is 114 cm³/mol. The summed E-state index contributed by atoms with van der Waals surface area (Å²) in [5, 5.41) is 0. The van der Waals surface area contributed by atoms with E-state index in [1.54, 1.807) is 0 Å². The minimum Gasteiger partial charge on any atom is -0.0628 e. The van der Waals surface area contributed by atoms with Crippen molar-refractivity contribution in [1.29, 1.82) is 0 Å². The monoisotopic (exact) mass is 344 g/mol. The summed E-state index contributed by atoms with van der Waals surface area (Å²) in [6, 6.07) is 10.9. The van der Waals surface area contributed by atoms with Gasteiger partial charge in [0.15, 0.2) is 0 Å². The number of unbranched alkanes of at least 4 members (excludes halogenated alkanes) is 13. The molecule has 0 heterocycles. The zero-order valence-electron chi connectivity index (χ0n) is 17.3. The van der Waals surface area contributed by atoms with Gasteiger partial charge in [-0.05, 0) is 24.3 Å². The molecule has 0 atom stereocenters. The standard InChI is InChI=1S/C25H44/c1-24(2)20-16-13-11-9-7-5-3-4-6-8-10-12-14-17-21-25-22-18-15-19-23-25/h15,18-19,22-24H,3-14,16-17,20-21H2,1-2H3. The van der Waals surface area contributed by atoms with Crippen molar-refractivity contribution in [3.05, 3.63) is 35.9 Å². The van der Waals surface area contributed by atoms with E-state index >= 15 is 0 Å². The Hall–Kier alpha value is -0.780. The highest BCUT2D eigenvalue weighted by atomic mass is 14.0. The molecule has 0 aliphatic heterocycles. The van der Waals surface area contributed by atoms with Gasteiger partial charge in [0.25, 0.3) is 0 Å². The lowest BCUT2D eigenvalue weighted by Crippen LogP contribution is -1.87. The summed E-state index contributed by atoms with van der Waals surface area (Å²) < 4.78 is 0. The second-order valence-corrected chi connectivity index (χ2v) is 8.37. The molecule has 0 aromatic heterocycles. The third kappa shape index (κ3) is 15.2. The van der Waals surface area contributed by atoms with E-state index in [1.165, 1.54) is 108 Å². The Morgan fingerprint density at radius 1 is 0.520 bits per heavy atom. The second kappa shape index (κ2) is 16.7. The Kier molecular flexibility index (Phi) is 14.8. The molecular formula is C25H44. The Bertz CT molecular complexity index is 365. The molecule has 1 aromatic carbocycles. The molecule has 0 spiro atoms. The topological polar surface area (TPSA) is 0 Å². The van der Waals surface area contributed by atoms with Gasteiger partial charge in [0.05, 0.1) is 0 Å². The molecule has 0 bridgehead atoms. The molecule has 0 radical (unpaired) electrons. The molecule has 144 valence electrons. The van der Waals surface area contributed by atoms with E-state index in [4.69, 9.17) is 0 Å². The Morgan fingerprint density at radius 3 is 1.36 bits per heavy atom. The molecular weight excluding hydrogens is 300 g/mol. The van der Waals surface area contributed by atoms with Gasteiger partial charge < -0.3 is 0 Å². The minimum absolute atomic E-state index is 0.892. The first-order chi connectivity index (χ1) is 12.3. The number of benzene rings is 1. The highest BCUT2D eigenvalue weighted by molar-refractivity contribution is 5.14. The van der Waals surface area contributed by atoms with Crippen LogP contribution >= 0.6 is 0 Å². The SMILES string of the molecule is CC(C)CCCCCCCCCCCCCCCCc1ccccc1. The largest absolute Gasteiger partial charge is 0.0628 e. The molecule has 1 aromatic rings. The first-order valence-corrected chi connectivity index (χ1v) is 11.3. The smallest absolute Gasteiger partial charge is 0.0279 e. The van der Waals surface area contributed by atoms with Gasteiger partial charge in [-0.3, -0.25) is 0 Å². The molecule has 0 amide bonds. The highest BCUT2D eigenvalue weighted by Crippen LogP contribution is 2.15. The number of hydrogen-bond acceptors (Lipinski definition) is 0. The van der Waals surface area contributed by atoms with Gasteiger partial charge in [0.2, 0.25) is 0 Å². The van der Waals surface area contributed by atoms with E-state index in [0.29, 0.717) is 0 Å². The highest BCUT2D eigenvalue weighted by Gasteiger charge is 1.96. The Balaban J connectivity index is 1.71. The number of hydrogen-bond donors (Lipinski definition) is 0. The van der Waals surface area contributed by atoms with Crippen LogP contribution < -0.4 is 0 Å². The van der Waals surface area contributed by atoms with E-state index in [2.05, 4.69) is 44.2 Å².